The minimum absolute atomic E-state index is 0.0486. The van der Waals surface area contributed by atoms with Gasteiger partial charge in [0, 0.05) is 6.16 Å². The van der Waals surface area contributed by atoms with Gasteiger partial charge in [-0.25, -0.2) is 0 Å². The summed E-state index contributed by atoms with van der Waals surface area (Å²) in [6.07, 6.45) is 0.409. The maximum Gasteiger partial charge on any atom is 0.328 e. The molecule has 2 N–H and O–H groups in total. The highest BCUT2D eigenvalue weighted by atomic mass is 31.2. The molecule has 0 rings (SSSR count). The van der Waals surface area contributed by atoms with E-state index in [1.54, 1.807) is 0 Å². The van der Waals surface area contributed by atoms with Crippen molar-refractivity contribution in [1.82, 2.24) is 0 Å². The number of rotatable bonds is 5. The van der Waals surface area contributed by atoms with Crippen LogP contribution >= 0.6 is 7.60 Å². The van der Waals surface area contributed by atoms with E-state index in [0.717, 1.165) is 0 Å². The lowest BCUT2D eigenvalue weighted by molar-refractivity contribution is 0.183. The van der Waals surface area contributed by atoms with Gasteiger partial charge in [0.1, 0.15) is 0 Å². The first-order valence-electron chi connectivity index (χ1n) is 2.99. The summed E-state index contributed by atoms with van der Waals surface area (Å²) in [6.45, 7) is 3.08. The van der Waals surface area contributed by atoms with Crippen molar-refractivity contribution in [1.29, 1.82) is 0 Å². The normalized spacial score (nSPS) is 16.7. The molecule has 0 spiro atoms. The largest absolute Gasteiger partial charge is 0.394 e. The summed E-state index contributed by atoms with van der Waals surface area (Å²) in [6, 6.07) is 0. The van der Waals surface area contributed by atoms with Crippen LogP contribution in [0, 0.1) is 6.92 Å². The summed E-state index contributed by atoms with van der Waals surface area (Å²) in [5, 5.41) is 8.22. The summed E-state index contributed by atoms with van der Waals surface area (Å²) in [4.78, 5) is 8.83. The summed E-state index contributed by atoms with van der Waals surface area (Å²) in [5.41, 5.74) is 0. The molecule has 0 aromatic heterocycles. The van der Waals surface area contributed by atoms with Crippen molar-refractivity contribution in [2.45, 2.75) is 6.42 Å². The highest BCUT2D eigenvalue weighted by Crippen LogP contribution is 2.41. The fourth-order valence-corrected chi connectivity index (χ4v) is 1.34. The molecule has 1 atom stereocenters. The van der Waals surface area contributed by atoms with Crippen molar-refractivity contribution in [2.75, 3.05) is 19.4 Å². The van der Waals surface area contributed by atoms with Gasteiger partial charge in [-0.1, -0.05) is 6.92 Å². The number of aliphatic hydroxyl groups excluding tert-OH is 1. The zero-order valence-electron chi connectivity index (χ0n) is 5.69. The van der Waals surface area contributed by atoms with Crippen molar-refractivity contribution in [2.24, 2.45) is 0 Å². The van der Waals surface area contributed by atoms with Gasteiger partial charge in [0.2, 0.25) is 0 Å². The Hall–Kier alpha value is 0.110. The van der Waals surface area contributed by atoms with E-state index in [-0.39, 0.29) is 19.4 Å². The molecule has 0 bridgehead atoms. The van der Waals surface area contributed by atoms with Crippen molar-refractivity contribution >= 4 is 7.60 Å². The molecule has 0 saturated heterocycles. The van der Waals surface area contributed by atoms with E-state index in [9.17, 15) is 4.57 Å². The topological polar surface area (TPSA) is 66.8 Å². The van der Waals surface area contributed by atoms with E-state index in [4.69, 9.17) is 10.00 Å². The van der Waals surface area contributed by atoms with E-state index in [1.165, 1.54) is 0 Å². The first kappa shape index (κ1) is 10.1. The predicted molar refractivity (Wildman–Crippen MR) is 37.7 cm³/mol. The van der Waals surface area contributed by atoms with Gasteiger partial charge in [-0.2, -0.15) is 0 Å². The monoisotopic (exact) mass is 167 g/mol. The van der Waals surface area contributed by atoms with E-state index >= 15 is 0 Å². The molecule has 61 valence electrons. The standard InChI is InChI=1S/C5H12O4P/c1-2-5-10(7,8)9-4-3-6/h6H,1-5H2,(H,7,8). The molecule has 0 saturated carbocycles. The first-order valence-corrected chi connectivity index (χ1v) is 4.75. The Morgan fingerprint density at radius 3 is 2.60 bits per heavy atom. The molecule has 10 heavy (non-hydrogen) atoms. The zero-order valence-corrected chi connectivity index (χ0v) is 6.59. The lowest BCUT2D eigenvalue weighted by atomic mass is 10.6. The zero-order chi connectivity index (χ0) is 8.04. The maximum absolute atomic E-state index is 10.8. The van der Waals surface area contributed by atoms with Crippen LogP contribution in [0.5, 0.6) is 0 Å². The summed E-state index contributed by atoms with van der Waals surface area (Å²) >= 11 is 0. The summed E-state index contributed by atoms with van der Waals surface area (Å²) in [7, 11) is -3.43. The van der Waals surface area contributed by atoms with Crippen LogP contribution in [0.25, 0.3) is 0 Å². The Kier molecular flexibility index (Phi) is 4.91. The predicted octanol–water partition coefficient (Wildman–Crippen LogP) is 0.405. The minimum atomic E-state index is -3.43. The molecule has 1 radical (unpaired) electrons. The summed E-state index contributed by atoms with van der Waals surface area (Å²) < 4.78 is 15.2. The van der Waals surface area contributed by atoms with Crippen LogP contribution in [-0.4, -0.2) is 29.4 Å². The Bertz CT molecular complexity index is 125. The maximum atomic E-state index is 10.8. The van der Waals surface area contributed by atoms with Crippen molar-refractivity contribution in [3.05, 3.63) is 6.92 Å². The minimum Gasteiger partial charge on any atom is -0.394 e. The molecule has 0 aliphatic rings. The second-order valence-corrected chi connectivity index (χ2v) is 3.75. The third-order valence-corrected chi connectivity index (χ3v) is 2.29. The molecule has 4 nitrogen and oxygen atoms in total. The van der Waals surface area contributed by atoms with Crippen LogP contribution in [0.1, 0.15) is 6.42 Å². The molecule has 0 fully saturated rings. The SMILES string of the molecule is [CH2]CCP(=O)(O)OCCO. The highest BCUT2D eigenvalue weighted by Gasteiger charge is 2.16. The molecule has 0 aromatic carbocycles. The van der Waals surface area contributed by atoms with Crippen LogP contribution in [-0.2, 0) is 9.09 Å². The number of aliphatic hydroxyl groups is 1. The fourth-order valence-electron chi connectivity index (χ4n) is 0.448. The van der Waals surface area contributed by atoms with E-state index in [0.29, 0.717) is 6.42 Å². The third-order valence-electron chi connectivity index (χ3n) is 0.825. The Morgan fingerprint density at radius 1 is 1.60 bits per heavy atom. The number of hydrogen-bond acceptors (Lipinski definition) is 3. The Balaban J connectivity index is 3.53. The van der Waals surface area contributed by atoms with E-state index < -0.39 is 7.60 Å². The molecule has 0 heterocycles. The third kappa shape index (κ3) is 4.94. The van der Waals surface area contributed by atoms with Crippen LogP contribution in [0.3, 0.4) is 0 Å². The molecule has 0 aliphatic carbocycles. The molecule has 0 amide bonds. The van der Waals surface area contributed by atoms with Gasteiger partial charge >= 0.3 is 7.60 Å². The van der Waals surface area contributed by atoms with Gasteiger partial charge in [-0.3, -0.25) is 4.57 Å². The highest BCUT2D eigenvalue weighted by molar-refractivity contribution is 7.52. The molecule has 0 aliphatic heterocycles. The summed E-state index contributed by atoms with van der Waals surface area (Å²) in [5.74, 6) is 0. The second-order valence-electron chi connectivity index (χ2n) is 1.77. The van der Waals surface area contributed by atoms with E-state index in [2.05, 4.69) is 11.4 Å². The Labute approximate surface area is 60.4 Å². The Morgan fingerprint density at radius 2 is 2.20 bits per heavy atom. The van der Waals surface area contributed by atoms with Crippen LogP contribution in [0.15, 0.2) is 0 Å². The molecule has 1 unspecified atom stereocenters. The van der Waals surface area contributed by atoms with Gasteiger partial charge < -0.3 is 14.5 Å². The lowest BCUT2D eigenvalue weighted by Gasteiger charge is -2.08. The van der Waals surface area contributed by atoms with Crippen molar-refractivity contribution in [3.8, 4) is 0 Å². The van der Waals surface area contributed by atoms with Gasteiger partial charge in [-0.15, -0.1) is 0 Å². The quantitative estimate of drug-likeness (QED) is 0.582. The first-order chi connectivity index (χ1) is 4.62. The van der Waals surface area contributed by atoms with Gasteiger partial charge in [0.25, 0.3) is 0 Å². The van der Waals surface area contributed by atoms with Gasteiger partial charge in [0.05, 0.1) is 13.2 Å². The lowest BCUT2D eigenvalue weighted by Crippen LogP contribution is -1.99. The molecule has 5 heteroatoms. The van der Waals surface area contributed by atoms with Crippen molar-refractivity contribution < 1.29 is 19.1 Å². The van der Waals surface area contributed by atoms with Crippen LogP contribution in [0.2, 0.25) is 0 Å². The molecule has 0 aromatic rings. The second kappa shape index (κ2) is 4.85. The number of hydrogen-bond donors (Lipinski definition) is 2. The van der Waals surface area contributed by atoms with E-state index in [1.807, 2.05) is 0 Å². The van der Waals surface area contributed by atoms with Crippen LogP contribution < -0.4 is 0 Å². The molecular weight excluding hydrogens is 155 g/mol. The van der Waals surface area contributed by atoms with Gasteiger partial charge in [0.15, 0.2) is 0 Å². The fraction of sp³-hybridized carbons (Fsp3) is 0.800. The smallest absolute Gasteiger partial charge is 0.328 e. The average Bonchev–Trinajstić information content (AvgIpc) is 1.84. The van der Waals surface area contributed by atoms with Gasteiger partial charge in [-0.05, 0) is 6.42 Å². The van der Waals surface area contributed by atoms with Crippen LogP contribution in [0.4, 0.5) is 0 Å². The average molecular weight is 167 g/mol. The van der Waals surface area contributed by atoms with Crippen molar-refractivity contribution in [3.63, 3.8) is 0 Å². The molecular formula is C5H12O4P.